The van der Waals surface area contributed by atoms with E-state index in [-0.39, 0.29) is 5.60 Å². The van der Waals surface area contributed by atoms with Crippen molar-refractivity contribution in [2.24, 2.45) is 11.8 Å². The van der Waals surface area contributed by atoms with Crippen molar-refractivity contribution in [1.29, 1.82) is 0 Å². The highest BCUT2D eigenvalue weighted by molar-refractivity contribution is 4.94. The molecule has 0 N–H and O–H groups in total. The summed E-state index contributed by atoms with van der Waals surface area (Å²) in [5.41, 5.74) is 0.228. The quantitative estimate of drug-likeness (QED) is 0.570. The van der Waals surface area contributed by atoms with E-state index in [2.05, 4.69) is 0 Å². The third-order valence-corrected chi connectivity index (χ3v) is 4.05. The van der Waals surface area contributed by atoms with E-state index in [4.69, 9.17) is 9.47 Å². The van der Waals surface area contributed by atoms with Gasteiger partial charge in [0.2, 0.25) is 0 Å². The van der Waals surface area contributed by atoms with E-state index in [1.807, 2.05) is 0 Å². The van der Waals surface area contributed by atoms with Crippen LogP contribution in [0.5, 0.6) is 0 Å². The monoisotopic (exact) mass is 182 g/mol. The molecule has 0 aromatic rings. The summed E-state index contributed by atoms with van der Waals surface area (Å²) >= 11 is 0. The molecule has 2 nitrogen and oxygen atoms in total. The summed E-state index contributed by atoms with van der Waals surface area (Å²) in [6, 6.07) is 0. The van der Waals surface area contributed by atoms with Crippen molar-refractivity contribution < 1.29 is 9.47 Å². The Labute approximate surface area is 79.6 Å². The predicted molar refractivity (Wildman–Crippen MR) is 49.6 cm³/mol. The molecule has 3 fully saturated rings. The minimum Gasteiger partial charge on any atom is -0.381 e. The van der Waals surface area contributed by atoms with Gasteiger partial charge in [-0.2, -0.15) is 0 Å². The molecule has 0 radical (unpaired) electrons. The first kappa shape index (κ1) is 8.25. The van der Waals surface area contributed by atoms with Gasteiger partial charge in [-0.1, -0.05) is 0 Å². The molecule has 1 aliphatic carbocycles. The van der Waals surface area contributed by atoms with Gasteiger partial charge in [-0.3, -0.25) is 0 Å². The minimum absolute atomic E-state index is 0.228. The maximum atomic E-state index is 6.11. The Balaban J connectivity index is 1.68. The summed E-state index contributed by atoms with van der Waals surface area (Å²) in [5, 5.41) is 0. The molecule has 0 amide bonds. The Morgan fingerprint density at radius 2 is 1.85 bits per heavy atom. The van der Waals surface area contributed by atoms with Crippen molar-refractivity contribution in [3.63, 3.8) is 0 Å². The number of fused-ring (bicyclic) bond motifs is 1. The first-order chi connectivity index (χ1) is 6.38. The minimum atomic E-state index is 0.228. The molecular weight excluding hydrogens is 164 g/mol. The lowest BCUT2D eigenvalue weighted by molar-refractivity contribution is -0.113. The van der Waals surface area contributed by atoms with Gasteiger partial charge in [-0.15, -0.1) is 0 Å². The highest BCUT2D eigenvalue weighted by atomic mass is 16.5. The van der Waals surface area contributed by atoms with Gasteiger partial charge in [-0.25, -0.2) is 0 Å². The molecular formula is C11H18O2. The lowest BCUT2D eigenvalue weighted by Crippen LogP contribution is -2.39. The fourth-order valence-electron chi connectivity index (χ4n) is 2.81. The first-order valence-electron chi connectivity index (χ1n) is 5.60. The molecule has 13 heavy (non-hydrogen) atoms. The Hall–Kier alpha value is -0.0800. The van der Waals surface area contributed by atoms with Crippen LogP contribution in [-0.4, -0.2) is 25.4 Å². The smallest absolute Gasteiger partial charge is 0.0726 e. The van der Waals surface area contributed by atoms with Crippen molar-refractivity contribution in [2.45, 2.75) is 37.7 Å². The summed E-state index contributed by atoms with van der Waals surface area (Å²) in [6.45, 7) is 2.86. The normalized spacial score (nSPS) is 42.5. The lowest BCUT2D eigenvalue weighted by atomic mass is 9.88. The van der Waals surface area contributed by atoms with Crippen LogP contribution in [0.25, 0.3) is 0 Å². The van der Waals surface area contributed by atoms with E-state index in [1.54, 1.807) is 0 Å². The van der Waals surface area contributed by atoms with Gasteiger partial charge in [0.05, 0.1) is 12.2 Å². The average molecular weight is 182 g/mol. The van der Waals surface area contributed by atoms with Crippen LogP contribution in [0, 0.1) is 11.8 Å². The molecule has 1 spiro atoms. The van der Waals surface area contributed by atoms with Gasteiger partial charge in [0.25, 0.3) is 0 Å². The molecule has 3 aliphatic rings. The van der Waals surface area contributed by atoms with Crippen molar-refractivity contribution in [2.75, 3.05) is 19.8 Å². The maximum absolute atomic E-state index is 6.11. The van der Waals surface area contributed by atoms with Crippen LogP contribution in [0.2, 0.25) is 0 Å². The molecule has 2 aliphatic heterocycles. The summed E-state index contributed by atoms with van der Waals surface area (Å²) in [7, 11) is 0. The van der Waals surface area contributed by atoms with E-state index in [1.165, 1.54) is 19.3 Å². The standard InChI is InChI=1S/C11H18O2/c1-2-11(3-5-12-6-4-11)13-8-10-7-9(1)10/h9-10H,1-8H2/t9-,10+/m1/s1. The molecule has 3 rings (SSSR count). The summed E-state index contributed by atoms with van der Waals surface area (Å²) in [5.74, 6) is 1.93. The highest BCUT2D eigenvalue weighted by Crippen LogP contribution is 2.48. The number of hydrogen-bond donors (Lipinski definition) is 0. The van der Waals surface area contributed by atoms with Gasteiger partial charge in [0.15, 0.2) is 0 Å². The van der Waals surface area contributed by atoms with Crippen LogP contribution >= 0.6 is 0 Å². The van der Waals surface area contributed by atoms with Gasteiger partial charge < -0.3 is 9.47 Å². The SMILES string of the molecule is C1CC2(CCO1)CC[C@@H]1C[C@H]1CO2. The lowest BCUT2D eigenvalue weighted by Gasteiger charge is -2.36. The topological polar surface area (TPSA) is 18.5 Å². The van der Waals surface area contributed by atoms with Gasteiger partial charge in [0, 0.05) is 13.2 Å². The van der Waals surface area contributed by atoms with E-state index in [9.17, 15) is 0 Å². The van der Waals surface area contributed by atoms with Crippen LogP contribution in [0.15, 0.2) is 0 Å². The molecule has 0 aromatic heterocycles. The van der Waals surface area contributed by atoms with Crippen molar-refractivity contribution >= 4 is 0 Å². The Kier molecular flexibility index (Phi) is 1.88. The Morgan fingerprint density at radius 3 is 2.69 bits per heavy atom. The number of rotatable bonds is 0. The summed E-state index contributed by atoms with van der Waals surface area (Å²) in [4.78, 5) is 0. The van der Waals surface area contributed by atoms with Crippen LogP contribution in [-0.2, 0) is 9.47 Å². The Morgan fingerprint density at radius 1 is 1.00 bits per heavy atom. The third kappa shape index (κ3) is 1.50. The molecule has 2 heterocycles. The van der Waals surface area contributed by atoms with E-state index in [0.717, 1.165) is 44.5 Å². The zero-order valence-corrected chi connectivity index (χ0v) is 8.13. The van der Waals surface area contributed by atoms with Crippen LogP contribution in [0.3, 0.4) is 0 Å². The fraction of sp³-hybridized carbons (Fsp3) is 1.00. The Bertz CT molecular complexity index is 182. The largest absolute Gasteiger partial charge is 0.381 e. The maximum Gasteiger partial charge on any atom is 0.0726 e. The summed E-state index contributed by atoms with van der Waals surface area (Å²) in [6.07, 6.45) is 6.40. The van der Waals surface area contributed by atoms with Gasteiger partial charge in [-0.05, 0) is 43.9 Å². The van der Waals surface area contributed by atoms with Crippen molar-refractivity contribution in [1.82, 2.24) is 0 Å². The number of hydrogen-bond acceptors (Lipinski definition) is 2. The predicted octanol–water partition coefficient (Wildman–Crippen LogP) is 1.98. The first-order valence-corrected chi connectivity index (χ1v) is 5.60. The zero-order chi connectivity index (χ0) is 8.73. The van der Waals surface area contributed by atoms with E-state index in [0.29, 0.717) is 0 Å². The molecule has 1 saturated carbocycles. The molecule has 0 aromatic carbocycles. The molecule has 2 heteroatoms. The molecule has 2 atom stereocenters. The van der Waals surface area contributed by atoms with Crippen molar-refractivity contribution in [3.05, 3.63) is 0 Å². The molecule has 0 unspecified atom stereocenters. The molecule has 0 bridgehead atoms. The number of ether oxygens (including phenoxy) is 2. The fourth-order valence-corrected chi connectivity index (χ4v) is 2.81. The van der Waals surface area contributed by atoms with Crippen LogP contribution in [0.4, 0.5) is 0 Å². The average Bonchev–Trinajstić information content (AvgIpc) is 2.92. The second-order valence-electron chi connectivity index (χ2n) is 4.90. The van der Waals surface area contributed by atoms with Crippen LogP contribution < -0.4 is 0 Å². The van der Waals surface area contributed by atoms with E-state index >= 15 is 0 Å². The highest BCUT2D eigenvalue weighted by Gasteiger charge is 2.45. The van der Waals surface area contributed by atoms with E-state index < -0.39 is 0 Å². The summed E-state index contributed by atoms with van der Waals surface area (Å²) < 4.78 is 11.5. The van der Waals surface area contributed by atoms with Crippen LogP contribution in [0.1, 0.15) is 32.1 Å². The molecule has 74 valence electrons. The van der Waals surface area contributed by atoms with Crippen molar-refractivity contribution in [3.8, 4) is 0 Å². The third-order valence-electron chi connectivity index (χ3n) is 4.05. The second-order valence-corrected chi connectivity index (χ2v) is 4.90. The zero-order valence-electron chi connectivity index (χ0n) is 8.13. The van der Waals surface area contributed by atoms with Gasteiger partial charge >= 0.3 is 0 Å². The second kappa shape index (κ2) is 2.96. The van der Waals surface area contributed by atoms with Gasteiger partial charge in [0.1, 0.15) is 0 Å². The molecule has 2 saturated heterocycles.